The Bertz CT molecular complexity index is 1080. The molecule has 35 heavy (non-hydrogen) atoms. The molecule has 0 radical (unpaired) electrons. The van der Waals surface area contributed by atoms with E-state index in [1.165, 1.54) is 6.07 Å². The van der Waals surface area contributed by atoms with Gasteiger partial charge in [-0.05, 0) is 61.3 Å². The van der Waals surface area contributed by atoms with Crippen LogP contribution in [-0.2, 0) is 19.0 Å². The summed E-state index contributed by atoms with van der Waals surface area (Å²) in [6.07, 6.45) is 0.216. The predicted octanol–water partition coefficient (Wildman–Crippen LogP) is 4.84. The molecular formula is C26H27F3N4O2. The Labute approximate surface area is 202 Å². The van der Waals surface area contributed by atoms with Crippen molar-refractivity contribution in [1.29, 1.82) is 0 Å². The van der Waals surface area contributed by atoms with Crippen LogP contribution >= 0.6 is 0 Å². The summed E-state index contributed by atoms with van der Waals surface area (Å²) >= 11 is 0. The smallest absolute Gasteiger partial charge is 0.410 e. The van der Waals surface area contributed by atoms with Gasteiger partial charge in [0, 0.05) is 56.4 Å². The van der Waals surface area contributed by atoms with E-state index in [4.69, 9.17) is 4.74 Å². The minimum absolute atomic E-state index is 0.379. The van der Waals surface area contributed by atoms with Crippen molar-refractivity contribution in [3.05, 3.63) is 89.5 Å². The quantitative estimate of drug-likeness (QED) is 0.481. The van der Waals surface area contributed by atoms with Gasteiger partial charge in [0.2, 0.25) is 0 Å². The normalized spacial score (nSPS) is 14.7. The molecule has 2 aromatic heterocycles. The number of alkyl halides is 3. The Morgan fingerprint density at radius 1 is 0.914 bits per heavy atom. The van der Waals surface area contributed by atoms with E-state index in [1.807, 2.05) is 24.4 Å². The van der Waals surface area contributed by atoms with Crippen molar-refractivity contribution in [2.24, 2.45) is 0 Å². The summed E-state index contributed by atoms with van der Waals surface area (Å²) in [6.45, 7) is 3.79. The molecule has 1 amide bonds. The lowest BCUT2D eigenvalue weighted by Gasteiger charge is -2.34. The largest absolute Gasteiger partial charge is 0.417 e. The average molecular weight is 485 g/mol. The van der Waals surface area contributed by atoms with Gasteiger partial charge < -0.3 is 9.64 Å². The lowest BCUT2D eigenvalue weighted by molar-refractivity contribution is -0.137. The molecule has 0 aliphatic carbocycles. The molecule has 0 atom stereocenters. The average Bonchev–Trinajstić information content (AvgIpc) is 2.86. The van der Waals surface area contributed by atoms with Crippen molar-refractivity contribution in [2.75, 3.05) is 32.7 Å². The van der Waals surface area contributed by atoms with Crippen LogP contribution in [0.15, 0.2) is 67.0 Å². The lowest BCUT2D eigenvalue weighted by Crippen LogP contribution is -2.49. The number of benzene rings is 1. The summed E-state index contributed by atoms with van der Waals surface area (Å²) < 4.78 is 43.5. The zero-order valence-corrected chi connectivity index (χ0v) is 19.2. The van der Waals surface area contributed by atoms with Crippen LogP contribution in [0.1, 0.15) is 28.9 Å². The van der Waals surface area contributed by atoms with Crippen LogP contribution in [-0.4, -0.2) is 58.6 Å². The Morgan fingerprint density at radius 2 is 1.69 bits per heavy atom. The third-order valence-electron chi connectivity index (χ3n) is 5.93. The monoisotopic (exact) mass is 484 g/mol. The van der Waals surface area contributed by atoms with Crippen molar-refractivity contribution >= 4 is 6.09 Å². The number of carbonyl (C=O) groups excluding carboxylic acids is 1. The molecular weight excluding hydrogens is 457 g/mol. The number of carbonyl (C=O) groups is 1. The number of hydrogen-bond donors (Lipinski definition) is 0. The van der Waals surface area contributed by atoms with E-state index in [2.05, 4.69) is 14.9 Å². The van der Waals surface area contributed by atoms with E-state index in [0.717, 1.165) is 56.0 Å². The van der Waals surface area contributed by atoms with Crippen molar-refractivity contribution < 1.29 is 22.7 Å². The van der Waals surface area contributed by atoms with E-state index in [-0.39, 0.29) is 6.09 Å². The number of pyridine rings is 2. The Kier molecular flexibility index (Phi) is 7.97. The van der Waals surface area contributed by atoms with E-state index >= 15 is 0 Å². The van der Waals surface area contributed by atoms with Crippen LogP contribution in [0.5, 0.6) is 5.75 Å². The molecule has 0 bridgehead atoms. The van der Waals surface area contributed by atoms with Gasteiger partial charge in [-0.25, -0.2) is 4.79 Å². The Balaban J connectivity index is 1.19. The summed E-state index contributed by atoms with van der Waals surface area (Å²) in [5, 5.41) is 0. The number of nitrogens with zero attached hydrogens (tertiary/aromatic N) is 4. The molecule has 1 fully saturated rings. The molecule has 4 rings (SSSR count). The van der Waals surface area contributed by atoms with Crippen molar-refractivity contribution in [1.82, 2.24) is 19.8 Å². The van der Waals surface area contributed by atoms with Crippen LogP contribution in [0.4, 0.5) is 18.0 Å². The van der Waals surface area contributed by atoms with Crippen molar-refractivity contribution in [2.45, 2.75) is 25.4 Å². The third-order valence-corrected chi connectivity index (χ3v) is 5.93. The summed E-state index contributed by atoms with van der Waals surface area (Å²) in [5.41, 5.74) is 1.71. The molecule has 1 aliphatic rings. The number of rotatable bonds is 7. The van der Waals surface area contributed by atoms with E-state index in [1.54, 1.807) is 29.2 Å². The highest BCUT2D eigenvalue weighted by Gasteiger charge is 2.30. The van der Waals surface area contributed by atoms with Crippen LogP contribution in [0.2, 0.25) is 0 Å². The predicted molar refractivity (Wildman–Crippen MR) is 125 cm³/mol. The van der Waals surface area contributed by atoms with Gasteiger partial charge in [0.25, 0.3) is 0 Å². The summed E-state index contributed by atoms with van der Waals surface area (Å²) in [6, 6.07) is 15.3. The third kappa shape index (κ3) is 7.26. The van der Waals surface area contributed by atoms with Gasteiger partial charge in [-0.3, -0.25) is 14.9 Å². The SMILES string of the molecule is O=C(Oc1ccc(Cc2ccc(C(F)(F)F)cn2)cc1)N1CCN(CCCc2ccccn2)CC1. The molecule has 3 aromatic rings. The number of ether oxygens (including phenoxy) is 1. The summed E-state index contributed by atoms with van der Waals surface area (Å²) in [7, 11) is 0. The van der Waals surface area contributed by atoms with Crippen LogP contribution in [0.3, 0.4) is 0 Å². The fraction of sp³-hybridized carbons (Fsp3) is 0.346. The van der Waals surface area contributed by atoms with E-state index < -0.39 is 11.7 Å². The molecule has 0 saturated carbocycles. The van der Waals surface area contributed by atoms with Gasteiger partial charge >= 0.3 is 12.3 Å². The fourth-order valence-corrected chi connectivity index (χ4v) is 3.93. The van der Waals surface area contributed by atoms with E-state index in [0.29, 0.717) is 31.0 Å². The fourth-order valence-electron chi connectivity index (χ4n) is 3.93. The maximum absolute atomic E-state index is 12.7. The van der Waals surface area contributed by atoms with Gasteiger partial charge in [-0.2, -0.15) is 13.2 Å². The first-order valence-corrected chi connectivity index (χ1v) is 11.6. The van der Waals surface area contributed by atoms with Crippen molar-refractivity contribution in [3.63, 3.8) is 0 Å². The van der Waals surface area contributed by atoms with Gasteiger partial charge in [0.1, 0.15) is 5.75 Å². The van der Waals surface area contributed by atoms with E-state index in [9.17, 15) is 18.0 Å². The lowest BCUT2D eigenvalue weighted by atomic mass is 10.1. The van der Waals surface area contributed by atoms with Crippen LogP contribution in [0.25, 0.3) is 0 Å². The molecule has 9 heteroatoms. The molecule has 1 aromatic carbocycles. The summed E-state index contributed by atoms with van der Waals surface area (Å²) in [4.78, 5) is 24.8. The van der Waals surface area contributed by atoms with Gasteiger partial charge in [-0.15, -0.1) is 0 Å². The maximum Gasteiger partial charge on any atom is 0.417 e. The molecule has 6 nitrogen and oxygen atoms in total. The second-order valence-electron chi connectivity index (χ2n) is 8.48. The molecule has 0 N–H and O–H groups in total. The zero-order valence-electron chi connectivity index (χ0n) is 19.2. The first-order valence-electron chi connectivity index (χ1n) is 11.6. The number of aromatic nitrogens is 2. The topological polar surface area (TPSA) is 58.6 Å². The number of aryl methyl sites for hydroxylation is 1. The second-order valence-corrected chi connectivity index (χ2v) is 8.48. The van der Waals surface area contributed by atoms with Gasteiger partial charge in [0.05, 0.1) is 5.56 Å². The molecule has 3 heterocycles. The van der Waals surface area contributed by atoms with Crippen LogP contribution < -0.4 is 4.74 Å². The number of amides is 1. The highest BCUT2D eigenvalue weighted by atomic mass is 19.4. The molecule has 184 valence electrons. The maximum atomic E-state index is 12.7. The van der Waals surface area contributed by atoms with Gasteiger partial charge in [0.15, 0.2) is 0 Å². The molecule has 1 aliphatic heterocycles. The second kappa shape index (κ2) is 11.3. The van der Waals surface area contributed by atoms with Crippen molar-refractivity contribution in [3.8, 4) is 5.75 Å². The molecule has 0 unspecified atom stereocenters. The standard InChI is InChI=1S/C26H27F3N4O2/c27-26(28,29)21-8-9-23(31-19-21)18-20-6-10-24(11-7-20)35-25(34)33-16-14-32(15-17-33)13-3-5-22-4-1-2-12-30-22/h1-2,4,6-12,19H,3,5,13-18H2. The zero-order chi connectivity index (χ0) is 24.7. The minimum Gasteiger partial charge on any atom is -0.410 e. The van der Waals surface area contributed by atoms with Crippen LogP contribution in [0, 0.1) is 0 Å². The number of piperazine rings is 1. The highest BCUT2D eigenvalue weighted by Crippen LogP contribution is 2.28. The summed E-state index contributed by atoms with van der Waals surface area (Å²) in [5.74, 6) is 0.428. The molecule has 0 spiro atoms. The first-order chi connectivity index (χ1) is 16.9. The first kappa shape index (κ1) is 24.7. The van der Waals surface area contributed by atoms with Gasteiger partial charge in [-0.1, -0.05) is 18.2 Å². The number of hydrogen-bond acceptors (Lipinski definition) is 5. The Hall–Kier alpha value is -3.46. The number of halogens is 3. The highest BCUT2D eigenvalue weighted by molar-refractivity contribution is 5.70. The Morgan fingerprint density at radius 3 is 2.31 bits per heavy atom. The molecule has 1 saturated heterocycles. The minimum atomic E-state index is -4.40.